The monoisotopic (exact) mass is 1430 g/mol. The van der Waals surface area contributed by atoms with E-state index in [1.54, 1.807) is 0 Å². The van der Waals surface area contributed by atoms with Crippen LogP contribution in [0.3, 0.4) is 0 Å². The van der Waals surface area contributed by atoms with E-state index in [0.29, 0.717) is 0 Å². The molecule has 1 aliphatic heterocycles. The Kier molecular flexibility index (Phi) is 18.3. The molecule has 1 rings (SSSR count). The summed E-state index contributed by atoms with van der Waals surface area (Å²) in [5.41, 5.74) is -21.9. The zero-order valence-electron chi connectivity index (χ0n) is 38.0. The van der Waals surface area contributed by atoms with Gasteiger partial charge in [-0.15, -0.1) is 0 Å². The SMILES string of the molecule is CC1(C)O[C@@H](C(O)(C(F)(F)C(F)(F)C(F)(F)C(F)(F)C(F)(F)C(F)(F)F)C(F)(F)C(F)(F)C(F)(F)C(F)(F)C(F)(F)C(F)(F)F)[C@H](C(O)(C(F)(F)C(F)(F)C(F)(F)C(F)(F)C(F)(F)C(F)(F)F)C(F)(F)C(F)(F)C(F)(F)C(F)(F)C(F)(F)C(F)(F)F)O1. The first-order chi connectivity index (χ1) is 36.4. The maximum Gasteiger partial charge on any atom is 0.460 e. The van der Waals surface area contributed by atoms with Crippen LogP contribution in [0.4, 0.5) is 228 Å². The molecule has 0 aromatic rings. The lowest BCUT2D eigenvalue weighted by Gasteiger charge is -2.55. The number of hydrogen-bond donors (Lipinski definition) is 2. The van der Waals surface area contributed by atoms with Gasteiger partial charge in [0.1, 0.15) is 12.2 Å². The third-order valence-electron chi connectivity index (χ3n) is 11.6. The highest BCUT2D eigenvalue weighted by molar-refractivity contribution is 5.32. The highest BCUT2D eigenvalue weighted by Crippen LogP contribution is 2.74. The summed E-state index contributed by atoms with van der Waals surface area (Å²) in [7, 11) is 0. The average Bonchev–Trinajstić information content (AvgIpc) is 3.60. The largest absolute Gasteiger partial charge is 0.460 e. The van der Waals surface area contributed by atoms with E-state index in [9.17, 15) is 168 Å². The average molecular weight is 1430 g/mol. The van der Waals surface area contributed by atoms with Crippen molar-refractivity contribution in [2.75, 3.05) is 0 Å². The zero-order valence-corrected chi connectivity index (χ0v) is 38.0. The van der Waals surface area contributed by atoms with Crippen LogP contribution in [0, 0.1) is 0 Å². The Balaban J connectivity index is 5.78. The fraction of sp³-hybridized carbons (Fsp3) is 1.00. The first-order valence-electron chi connectivity index (χ1n) is 19.1. The van der Waals surface area contributed by atoms with Crippen molar-refractivity contribution in [3.8, 4) is 0 Å². The molecular weight excluding hydrogens is 1420 g/mol. The van der Waals surface area contributed by atoms with Crippen LogP contribution >= 0.6 is 0 Å². The summed E-state index contributed by atoms with van der Waals surface area (Å²) in [5, 5.41) is 20.6. The molecular formula is C31H10F52O4. The first-order valence-corrected chi connectivity index (χ1v) is 19.1. The van der Waals surface area contributed by atoms with Crippen LogP contribution in [-0.2, 0) is 9.47 Å². The normalized spacial score (nSPS) is 20.4. The van der Waals surface area contributed by atoms with Crippen LogP contribution < -0.4 is 0 Å². The Hall–Kier alpha value is -3.80. The van der Waals surface area contributed by atoms with Gasteiger partial charge in [0, 0.05) is 0 Å². The molecule has 0 amide bonds. The fourth-order valence-electron chi connectivity index (χ4n) is 6.52. The second-order valence-electron chi connectivity index (χ2n) is 17.5. The van der Waals surface area contributed by atoms with Gasteiger partial charge in [0.15, 0.2) is 5.79 Å². The number of alkyl halides is 52. The van der Waals surface area contributed by atoms with Gasteiger partial charge >= 0.3 is 143 Å². The van der Waals surface area contributed by atoms with E-state index in [-0.39, 0.29) is 0 Å². The highest BCUT2D eigenvalue weighted by Gasteiger charge is 3.05. The summed E-state index contributed by atoms with van der Waals surface area (Å²) in [4.78, 5) is 0. The lowest BCUT2D eigenvalue weighted by Crippen LogP contribution is -2.88. The van der Waals surface area contributed by atoms with Gasteiger partial charge in [-0.2, -0.15) is 228 Å². The Bertz CT molecular complexity index is 2180. The summed E-state index contributed by atoms with van der Waals surface area (Å²) in [6.07, 6.45) is -53.6. The van der Waals surface area contributed by atoms with Gasteiger partial charge in [0.2, 0.25) is 11.2 Å². The van der Waals surface area contributed by atoms with E-state index in [0.717, 1.165) is 0 Å². The molecule has 0 unspecified atom stereocenters. The van der Waals surface area contributed by atoms with Gasteiger partial charge in [-0.3, -0.25) is 0 Å². The zero-order chi connectivity index (χ0) is 72.1. The molecule has 1 heterocycles. The summed E-state index contributed by atoms with van der Waals surface area (Å²) >= 11 is 0. The van der Waals surface area contributed by atoms with Gasteiger partial charge in [-0.1, -0.05) is 0 Å². The third kappa shape index (κ3) is 9.32. The van der Waals surface area contributed by atoms with E-state index in [1.165, 1.54) is 0 Å². The third-order valence-corrected chi connectivity index (χ3v) is 11.6. The summed E-state index contributed by atoms with van der Waals surface area (Å²) in [6.45, 7) is -3.28. The van der Waals surface area contributed by atoms with E-state index in [2.05, 4.69) is 9.47 Å². The molecule has 87 heavy (non-hydrogen) atoms. The van der Waals surface area contributed by atoms with Crippen molar-refractivity contribution in [2.24, 2.45) is 0 Å². The van der Waals surface area contributed by atoms with Gasteiger partial charge in [-0.25, -0.2) is 0 Å². The maximum atomic E-state index is 16.2. The van der Waals surface area contributed by atoms with Crippen molar-refractivity contribution in [1.82, 2.24) is 0 Å². The van der Waals surface area contributed by atoms with Crippen molar-refractivity contribution in [3.05, 3.63) is 0 Å². The molecule has 0 aromatic carbocycles. The highest BCUT2D eigenvalue weighted by atomic mass is 19.5. The van der Waals surface area contributed by atoms with Crippen LogP contribution in [0.2, 0.25) is 0 Å². The molecule has 0 bridgehead atoms. The number of rotatable bonds is 22. The molecule has 1 fully saturated rings. The molecule has 1 aliphatic rings. The Morgan fingerprint density at radius 1 is 0.184 bits per heavy atom. The minimum Gasteiger partial charge on any atom is -0.376 e. The predicted octanol–water partition coefficient (Wildman–Crippen LogP) is 15.9. The Morgan fingerprint density at radius 3 is 0.379 bits per heavy atom. The molecule has 56 heteroatoms. The summed E-state index contributed by atoms with van der Waals surface area (Å²) in [6, 6.07) is 0. The fourth-order valence-corrected chi connectivity index (χ4v) is 6.52. The molecule has 1 saturated heterocycles. The number of ether oxygens (including phenoxy) is 2. The van der Waals surface area contributed by atoms with Crippen molar-refractivity contribution in [1.29, 1.82) is 0 Å². The molecule has 2 N–H and O–H groups in total. The van der Waals surface area contributed by atoms with Crippen LogP contribution in [0.5, 0.6) is 0 Å². The molecule has 0 radical (unpaired) electrons. The van der Waals surface area contributed by atoms with E-state index < -0.39 is 186 Å². The van der Waals surface area contributed by atoms with Crippen molar-refractivity contribution in [2.45, 2.75) is 186 Å². The van der Waals surface area contributed by atoms with Gasteiger partial charge in [-0.05, 0) is 13.8 Å². The molecule has 4 nitrogen and oxygen atoms in total. The second kappa shape index (κ2) is 19.6. The number of halogens is 52. The van der Waals surface area contributed by atoms with Crippen molar-refractivity contribution in [3.63, 3.8) is 0 Å². The van der Waals surface area contributed by atoms with Crippen LogP contribution in [0.1, 0.15) is 13.8 Å². The Morgan fingerprint density at radius 2 is 0.276 bits per heavy atom. The summed E-state index contributed by atoms with van der Waals surface area (Å²) < 4.78 is 752. The lowest BCUT2D eigenvalue weighted by atomic mass is 9.66. The Labute approximate surface area is 435 Å². The van der Waals surface area contributed by atoms with Gasteiger partial charge < -0.3 is 19.7 Å². The summed E-state index contributed by atoms with van der Waals surface area (Å²) in [5.74, 6) is -218. The molecule has 0 aromatic heterocycles. The van der Waals surface area contributed by atoms with E-state index in [1.807, 2.05) is 0 Å². The van der Waals surface area contributed by atoms with Crippen LogP contribution in [0.25, 0.3) is 0 Å². The van der Waals surface area contributed by atoms with Gasteiger partial charge in [0.05, 0.1) is 0 Å². The standard InChI is InChI=1S/C31H10F52O4/c1-5(2)86-3(6(84,8(32,33)12(40,41)16(48,49)20(56,57)24(64,65)28(72,73)74)9(34,35)13(42,43)17(50,51)21(58,59)25(66,67)29(75,76)77)4(87-5)7(85,10(36,37)14(44,45)18(52,53)22(60,61)26(68,69)30(78,79)80)11(38,39)15(46,47)19(54,55)23(62,63)27(70,71)31(81,82)83/h3-4,84-85H,1-2H3/t3-,4-/m1/s1. The van der Waals surface area contributed by atoms with Crippen LogP contribution in [-0.4, -0.2) is 183 Å². The minimum atomic E-state index is -11.3. The predicted molar refractivity (Wildman–Crippen MR) is 157 cm³/mol. The molecule has 522 valence electrons. The molecule has 0 saturated carbocycles. The second-order valence-corrected chi connectivity index (χ2v) is 17.5. The smallest absolute Gasteiger partial charge is 0.376 e. The number of aliphatic hydroxyl groups is 2. The topological polar surface area (TPSA) is 58.9 Å². The number of hydrogen-bond acceptors (Lipinski definition) is 4. The molecule has 0 aliphatic carbocycles. The van der Waals surface area contributed by atoms with E-state index in [4.69, 9.17) is 0 Å². The lowest BCUT2D eigenvalue weighted by molar-refractivity contribution is -0.497. The van der Waals surface area contributed by atoms with Crippen molar-refractivity contribution >= 4 is 0 Å². The van der Waals surface area contributed by atoms with Gasteiger partial charge in [0.25, 0.3) is 0 Å². The van der Waals surface area contributed by atoms with E-state index >= 15 is 70.2 Å². The minimum absolute atomic E-state index is 1.64. The first kappa shape index (κ1) is 81.2. The maximum absolute atomic E-state index is 16.2. The van der Waals surface area contributed by atoms with Crippen molar-refractivity contribution < 1.29 is 248 Å². The quantitative estimate of drug-likeness (QED) is 0.106. The van der Waals surface area contributed by atoms with Crippen LogP contribution in [0.15, 0.2) is 0 Å². The molecule has 2 atom stereocenters. The molecule has 0 spiro atoms.